The number of β-amino-alcohol motifs (C(OH)–C–C–N with tert-alkyl or cyclic N) is 1. The molecule has 1 unspecified atom stereocenters. The molecule has 1 saturated carbocycles. The minimum absolute atomic E-state index is 0.00978. The van der Waals surface area contributed by atoms with Gasteiger partial charge in [-0.25, -0.2) is 13.1 Å². The predicted octanol–water partition coefficient (Wildman–Crippen LogP) is 0.0148. The molecule has 0 amide bonds. The van der Waals surface area contributed by atoms with Crippen LogP contribution in [0, 0.1) is 11.3 Å². The van der Waals surface area contributed by atoms with Crippen molar-refractivity contribution in [2.75, 3.05) is 64.0 Å². The molecule has 4 N–H and O–H groups in total. The number of fused-ring (bicyclic) bond motifs is 1. The number of aliphatic hydroxyl groups is 3. The van der Waals surface area contributed by atoms with Gasteiger partial charge in [-0.3, -0.25) is 4.90 Å². The van der Waals surface area contributed by atoms with Gasteiger partial charge in [0, 0.05) is 56.4 Å². The minimum atomic E-state index is -3.94. The Morgan fingerprint density at radius 1 is 1.14 bits per heavy atom. The van der Waals surface area contributed by atoms with Gasteiger partial charge in [0.2, 0.25) is 10.0 Å². The van der Waals surface area contributed by atoms with Crippen molar-refractivity contribution in [3.05, 3.63) is 18.2 Å². The minimum Gasteiger partial charge on any atom is -0.491 e. The molecule has 2 fully saturated rings. The van der Waals surface area contributed by atoms with Gasteiger partial charge in [0.05, 0.1) is 38.1 Å². The molecule has 1 aromatic carbocycles. The molecule has 0 bridgehead atoms. The molecule has 1 saturated heterocycles. The third-order valence-corrected chi connectivity index (χ3v) is 8.48. The average molecular weight is 514 g/mol. The van der Waals surface area contributed by atoms with E-state index in [2.05, 4.69) is 28.4 Å². The summed E-state index contributed by atoms with van der Waals surface area (Å²) in [5.74, 6) is 0.542. The Kier molecular flexibility index (Phi) is 8.26. The number of anilines is 1. The monoisotopic (exact) mass is 513 g/mol. The van der Waals surface area contributed by atoms with Crippen molar-refractivity contribution >= 4 is 15.7 Å². The van der Waals surface area contributed by atoms with E-state index in [-0.39, 0.29) is 30.3 Å². The van der Waals surface area contributed by atoms with Crippen molar-refractivity contribution in [2.45, 2.75) is 49.9 Å². The standard InChI is InChI=1S/C24H39N3O7S/c1-17(2)13-26-14-19(28)12-25-35(31,32)23-4-3-18(27-5-7-33-8-6-27)9-22(23)34-16-24(15-26)10-20(29)21(30)11-24/h3-4,9,17,19-21,25,28-30H,5-8,10-16H2,1-2H3/t19-,20-,21+,24?/m0/s1. The highest BCUT2D eigenvalue weighted by molar-refractivity contribution is 7.89. The summed E-state index contributed by atoms with van der Waals surface area (Å²) in [5, 5.41) is 31.5. The highest BCUT2D eigenvalue weighted by Gasteiger charge is 2.46. The Balaban J connectivity index is 1.70. The Labute approximate surface area is 207 Å². The molecule has 1 aliphatic carbocycles. The van der Waals surface area contributed by atoms with E-state index in [1.54, 1.807) is 12.1 Å². The fraction of sp³-hybridized carbons (Fsp3) is 0.750. The summed E-state index contributed by atoms with van der Waals surface area (Å²) >= 11 is 0. The third kappa shape index (κ3) is 6.46. The number of nitrogens with one attached hydrogen (secondary N) is 1. The number of hydrogen-bond acceptors (Lipinski definition) is 9. The van der Waals surface area contributed by atoms with Crippen LogP contribution in [0.5, 0.6) is 5.75 Å². The molecular weight excluding hydrogens is 474 g/mol. The zero-order chi connectivity index (χ0) is 25.2. The van der Waals surface area contributed by atoms with Crippen LogP contribution in [0.15, 0.2) is 23.1 Å². The molecule has 11 heteroatoms. The van der Waals surface area contributed by atoms with E-state index < -0.39 is 33.8 Å². The largest absolute Gasteiger partial charge is 0.491 e. The quantitative estimate of drug-likeness (QED) is 0.441. The highest BCUT2D eigenvalue weighted by Crippen LogP contribution is 2.41. The maximum absolute atomic E-state index is 13.2. The molecule has 3 aliphatic rings. The lowest BCUT2D eigenvalue weighted by Crippen LogP contribution is -2.47. The highest BCUT2D eigenvalue weighted by atomic mass is 32.2. The van der Waals surface area contributed by atoms with E-state index in [0.717, 1.165) is 5.69 Å². The van der Waals surface area contributed by atoms with Crippen LogP contribution < -0.4 is 14.4 Å². The van der Waals surface area contributed by atoms with Crippen molar-refractivity contribution in [1.82, 2.24) is 9.62 Å². The van der Waals surface area contributed by atoms with Crippen LogP contribution in [-0.2, 0) is 14.8 Å². The number of sulfonamides is 1. The van der Waals surface area contributed by atoms with Gasteiger partial charge in [0.1, 0.15) is 10.6 Å². The van der Waals surface area contributed by atoms with E-state index in [1.807, 2.05) is 0 Å². The number of ether oxygens (including phenoxy) is 2. The van der Waals surface area contributed by atoms with Crippen LogP contribution in [0.2, 0.25) is 0 Å². The SMILES string of the molecule is CC(C)CN1C[C@@H](O)CNS(=O)(=O)c2ccc(N3CCOCC3)cc2OCC2(C[C@@H](O)[C@@H](O)C2)C1. The van der Waals surface area contributed by atoms with Crippen molar-refractivity contribution in [2.24, 2.45) is 11.3 Å². The van der Waals surface area contributed by atoms with Crippen molar-refractivity contribution in [3.8, 4) is 5.75 Å². The normalized spacial score (nSPS) is 32.6. The first-order valence-corrected chi connectivity index (χ1v) is 13.9. The number of hydrogen-bond donors (Lipinski definition) is 4. The molecule has 1 aromatic rings. The van der Waals surface area contributed by atoms with Crippen molar-refractivity contribution < 1.29 is 33.2 Å². The van der Waals surface area contributed by atoms with E-state index in [4.69, 9.17) is 9.47 Å². The summed E-state index contributed by atoms with van der Waals surface area (Å²) in [4.78, 5) is 4.22. The predicted molar refractivity (Wildman–Crippen MR) is 131 cm³/mol. The van der Waals surface area contributed by atoms with E-state index in [1.165, 1.54) is 6.07 Å². The van der Waals surface area contributed by atoms with Crippen LogP contribution >= 0.6 is 0 Å². The second-order valence-electron chi connectivity index (χ2n) is 10.7. The topological polar surface area (TPSA) is 132 Å². The molecule has 2 heterocycles. The molecule has 35 heavy (non-hydrogen) atoms. The van der Waals surface area contributed by atoms with Gasteiger partial charge in [0.15, 0.2) is 0 Å². The fourth-order valence-electron chi connectivity index (χ4n) is 5.46. The first kappa shape index (κ1) is 26.6. The first-order valence-electron chi connectivity index (χ1n) is 12.4. The second kappa shape index (κ2) is 10.9. The maximum Gasteiger partial charge on any atom is 0.244 e. The van der Waals surface area contributed by atoms with Crippen LogP contribution in [0.1, 0.15) is 26.7 Å². The van der Waals surface area contributed by atoms with E-state index in [0.29, 0.717) is 58.2 Å². The van der Waals surface area contributed by atoms with Gasteiger partial charge in [-0.05, 0) is 30.9 Å². The Morgan fingerprint density at radius 3 is 2.49 bits per heavy atom. The Morgan fingerprint density at radius 2 is 1.83 bits per heavy atom. The van der Waals surface area contributed by atoms with Gasteiger partial charge in [-0.1, -0.05) is 13.8 Å². The van der Waals surface area contributed by atoms with Crippen LogP contribution in [0.3, 0.4) is 0 Å². The van der Waals surface area contributed by atoms with Crippen LogP contribution in [0.4, 0.5) is 5.69 Å². The zero-order valence-corrected chi connectivity index (χ0v) is 21.4. The van der Waals surface area contributed by atoms with Crippen LogP contribution in [-0.4, -0.2) is 106 Å². The Bertz CT molecular complexity index is 958. The Hall–Kier alpha value is -1.47. The van der Waals surface area contributed by atoms with Crippen molar-refractivity contribution in [1.29, 1.82) is 0 Å². The zero-order valence-electron chi connectivity index (χ0n) is 20.6. The number of nitrogens with zero attached hydrogens (tertiary/aromatic N) is 2. The summed E-state index contributed by atoms with van der Waals surface area (Å²) in [5.41, 5.74) is 0.257. The number of benzene rings is 1. The maximum atomic E-state index is 13.2. The molecule has 0 radical (unpaired) electrons. The summed E-state index contributed by atoms with van der Waals surface area (Å²) in [6.45, 7) is 8.24. The van der Waals surface area contributed by atoms with E-state index in [9.17, 15) is 23.7 Å². The molecule has 1 spiro atoms. The second-order valence-corrected chi connectivity index (χ2v) is 12.4. The smallest absolute Gasteiger partial charge is 0.244 e. The lowest BCUT2D eigenvalue weighted by Gasteiger charge is -2.37. The molecule has 198 valence electrons. The molecule has 4 rings (SSSR count). The molecule has 10 nitrogen and oxygen atoms in total. The van der Waals surface area contributed by atoms with Gasteiger partial charge < -0.3 is 29.7 Å². The summed E-state index contributed by atoms with van der Waals surface area (Å²) in [6.07, 6.45) is -1.98. The van der Waals surface area contributed by atoms with Gasteiger partial charge >= 0.3 is 0 Å². The lowest BCUT2D eigenvalue weighted by atomic mass is 9.85. The molecule has 4 atom stereocenters. The summed E-state index contributed by atoms with van der Waals surface area (Å²) in [7, 11) is -3.94. The molecule has 0 aromatic heterocycles. The average Bonchev–Trinajstić information content (AvgIpc) is 3.08. The third-order valence-electron chi connectivity index (χ3n) is 7.02. The van der Waals surface area contributed by atoms with Crippen molar-refractivity contribution in [3.63, 3.8) is 0 Å². The summed E-state index contributed by atoms with van der Waals surface area (Å²) in [6, 6.07) is 5.04. The molecular formula is C24H39N3O7S. The number of morpholine rings is 1. The van der Waals surface area contributed by atoms with Gasteiger partial charge in [0.25, 0.3) is 0 Å². The van der Waals surface area contributed by atoms with Crippen LogP contribution in [0.25, 0.3) is 0 Å². The number of rotatable bonds is 3. The fourth-order valence-corrected chi connectivity index (χ4v) is 6.65. The van der Waals surface area contributed by atoms with E-state index >= 15 is 0 Å². The number of aliphatic hydroxyl groups excluding tert-OH is 3. The van der Waals surface area contributed by atoms with Gasteiger partial charge in [-0.2, -0.15) is 0 Å². The first-order chi connectivity index (χ1) is 16.6. The lowest BCUT2D eigenvalue weighted by molar-refractivity contribution is 0.0413. The van der Waals surface area contributed by atoms with Gasteiger partial charge in [-0.15, -0.1) is 0 Å². The summed E-state index contributed by atoms with van der Waals surface area (Å²) < 4.78 is 40.6. The molecule has 2 aliphatic heterocycles.